The van der Waals surface area contributed by atoms with Crippen molar-refractivity contribution in [2.75, 3.05) is 10.2 Å². The Kier molecular flexibility index (Phi) is 4.47. The molecule has 1 heterocycles. The first kappa shape index (κ1) is 18.6. The highest BCUT2D eigenvalue weighted by molar-refractivity contribution is 6.35. The lowest BCUT2D eigenvalue weighted by molar-refractivity contribution is 0.0925. The average Bonchev–Trinajstić information content (AvgIpc) is 2.95. The van der Waals surface area contributed by atoms with Crippen molar-refractivity contribution in [3.05, 3.63) is 94.3 Å². The molecule has 0 fully saturated rings. The van der Waals surface area contributed by atoms with Gasteiger partial charge in [-0.3, -0.25) is 14.4 Å². The molecule has 0 atom stereocenters. The van der Waals surface area contributed by atoms with Crippen molar-refractivity contribution in [1.82, 2.24) is 0 Å². The zero-order valence-electron chi connectivity index (χ0n) is 15.8. The van der Waals surface area contributed by atoms with Crippen LogP contribution in [0.4, 0.5) is 15.8 Å². The van der Waals surface area contributed by atoms with Crippen molar-refractivity contribution in [3.8, 4) is 0 Å². The summed E-state index contributed by atoms with van der Waals surface area (Å²) in [4.78, 5) is 39.4. The molecule has 1 aliphatic rings. The lowest BCUT2D eigenvalue weighted by Crippen LogP contribution is -2.29. The number of hydrogen-bond donors (Lipinski definition) is 1. The second-order valence-electron chi connectivity index (χ2n) is 6.91. The van der Waals surface area contributed by atoms with E-state index in [4.69, 9.17) is 0 Å². The number of carbonyl (C=O) groups excluding carboxylic acids is 3. The fourth-order valence-electron chi connectivity index (χ4n) is 3.34. The van der Waals surface area contributed by atoms with E-state index in [1.54, 1.807) is 25.1 Å². The van der Waals surface area contributed by atoms with Gasteiger partial charge in [-0.2, -0.15) is 0 Å². The van der Waals surface area contributed by atoms with Crippen LogP contribution in [0, 0.1) is 19.7 Å². The number of amides is 3. The SMILES string of the molecule is Cc1ccc(F)cc1NC(=O)c1ccc2c(c1)C(=O)N(c1ccccc1C)C2=O. The van der Waals surface area contributed by atoms with E-state index in [1.807, 2.05) is 19.1 Å². The molecule has 0 saturated carbocycles. The van der Waals surface area contributed by atoms with Crippen LogP contribution in [-0.4, -0.2) is 17.7 Å². The van der Waals surface area contributed by atoms with E-state index < -0.39 is 23.5 Å². The van der Waals surface area contributed by atoms with E-state index in [0.717, 1.165) is 10.5 Å². The van der Waals surface area contributed by atoms with Gasteiger partial charge < -0.3 is 5.32 Å². The number of imide groups is 1. The second kappa shape index (κ2) is 6.98. The second-order valence-corrected chi connectivity index (χ2v) is 6.91. The van der Waals surface area contributed by atoms with Crippen LogP contribution >= 0.6 is 0 Å². The minimum absolute atomic E-state index is 0.168. The van der Waals surface area contributed by atoms with Gasteiger partial charge >= 0.3 is 0 Å². The highest BCUT2D eigenvalue weighted by Gasteiger charge is 2.37. The third-order valence-corrected chi connectivity index (χ3v) is 4.95. The van der Waals surface area contributed by atoms with Crippen LogP contribution < -0.4 is 10.2 Å². The fraction of sp³-hybridized carbons (Fsp3) is 0.0870. The van der Waals surface area contributed by atoms with Gasteiger partial charge in [-0.15, -0.1) is 0 Å². The Morgan fingerprint density at radius 2 is 1.59 bits per heavy atom. The molecule has 1 aliphatic heterocycles. The molecule has 3 aromatic carbocycles. The molecule has 0 bridgehead atoms. The molecule has 3 aromatic rings. The van der Waals surface area contributed by atoms with Crippen molar-refractivity contribution in [1.29, 1.82) is 0 Å². The highest BCUT2D eigenvalue weighted by atomic mass is 19.1. The van der Waals surface area contributed by atoms with E-state index in [2.05, 4.69) is 5.32 Å². The molecule has 6 heteroatoms. The van der Waals surface area contributed by atoms with Crippen LogP contribution in [0.25, 0.3) is 0 Å². The Bertz CT molecular complexity index is 1190. The summed E-state index contributed by atoms with van der Waals surface area (Å²) in [6.07, 6.45) is 0. The van der Waals surface area contributed by atoms with Gasteiger partial charge in [0.05, 0.1) is 16.8 Å². The number of nitrogens with one attached hydrogen (secondary N) is 1. The summed E-state index contributed by atoms with van der Waals surface area (Å²) in [6, 6.07) is 15.6. The molecule has 0 radical (unpaired) electrons. The number of halogens is 1. The Morgan fingerprint density at radius 3 is 2.34 bits per heavy atom. The first-order valence-electron chi connectivity index (χ1n) is 9.03. The van der Waals surface area contributed by atoms with Gasteiger partial charge in [0, 0.05) is 11.3 Å². The quantitative estimate of drug-likeness (QED) is 0.672. The van der Waals surface area contributed by atoms with Crippen LogP contribution in [-0.2, 0) is 0 Å². The Labute approximate surface area is 166 Å². The van der Waals surface area contributed by atoms with Crippen LogP contribution in [0.5, 0.6) is 0 Å². The van der Waals surface area contributed by atoms with E-state index in [-0.39, 0.29) is 16.7 Å². The van der Waals surface area contributed by atoms with E-state index in [0.29, 0.717) is 16.9 Å². The zero-order chi connectivity index (χ0) is 20.7. The molecule has 0 saturated heterocycles. The zero-order valence-corrected chi connectivity index (χ0v) is 15.8. The topological polar surface area (TPSA) is 66.5 Å². The number of rotatable bonds is 3. The molecule has 0 aromatic heterocycles. The number of hydrogen-bond acceptors (Lipinski definition) is 3. The average molecular weight is 388 g/mol. The third kappa shape index (κ3) is 3.18. The molecular weight excluding hydrogens is 371 g/mol. The molecule has 3 amide bonds. The van der Waals surface area contributed by atoms with Gasteiger partial charge in [0.2, 0.25) is 0 Å². The summed E-state index contributed by atoms with van der Waals surface area (Å²) >= 11 is 0. The van der Waals surface area contributed by atoms with Gasteiger partial charge in [-0.1, -0.05) is 24.3 Å². The highest BCUT2D eigenvalue weighted by Crippen LogP contribution is 2.31. The number of aryl methyl sites for hydroxylation is 2. The number of carbonyl (C=O) groups is 3. The fourth-order valence-corrected chi connectivity index (χ4v) is 3.34. The van der Waals surface area contributed by atoms with Crippen molar-refractivity contribution in [3.63, 3.8) is 0 Å². The summed E-state index contributed by atoms with van der Waals surface area (Å²) in [5.74, 6) is -1.85. The minimum atomic E-state index is -0.490. The maximum Gasteiger partial charge on any atom is 0.266 e. The molecule has 0 spiro atoms. The Balaban J connectivity index is 1.66. The molecule has 5 nitrogen and oxygen atoms in total. The van der Waals surface area contributed by atoms with Crippen LogP contribution in [0.15, 0.2) is 60.7 Å². The van der Waals surface area contributed by atoms with Crippen molar-refractivity contribution >= 4 is 29.1 Å². The van der Waals surface area contributed by atoms with Crippen LogP contribution in [0.1, 0.15) is 42.2 Å². The van der Waals surface area contributed by atoms with Gasteiger partial charge in [-0.25, -0.2) is 9.29 Å². The van der Waals surface area contributed by atoms with E-state index >= 15 is 0 Å². The maximum absolute atomic E-state index is 13.5. The normalized spacial score (nSPS) is 12.9. The monoisotopic (exact) mass is 388 g/mol. The largest absolute Gasteiger partial charge is 0.322 e. The van der Waals surface area contributed by atoms with Crippen molar-refractivity contribution in [2.45, 2.75) is 13.8 Å². The summed E-state index contributed by atoms with van der Waals surface area (Å²) < 4.78 is 13.5. The number of anilines is 2. The molecule has 1 N–H and O–H groups in total. The van der Waals surface area contributed by atoms with Crippen molar-refractivity contribution in [2.24, 2.45) is 0 Å². The van der Waals surface area contributed by atoms with Crippen LogP contribution in [0.2, 0.25) is 0 Å². The van der Waals surface area contributed by atoms with Gasteiger partial charge in [0.15, 0.2) is 0 Å². The number of nitrogens with zero attached hydrogens (tertiary/aromatic N) is 1. The summed E-state index contributed by atoms with van der Waals surface area (Å²) in [7, 11) is 0. The molecule has 0 unspecified atom stereocenters. The summed E-state index contributed by atoms with van der Waals surface area (Å²) in [5.41, 5.74) is 2.98. The Hall–Kier alpha value is -3.80. The van der Waals surface area contributed by atoms with Gasteiger partial charge in [0.1, 0.15) is 5.82 Å². The first-order chi connectivity index (χ1) is 13.9. The maximum atomic E-state index is 13.5. The number of benzene rings is 3. The van der Waals surface area contributed by atoms with E-state index in [9.17, 15) is 18.8 Å². The first-order valence-corrected chi connectivity index (χ1v) is 9.03. The third-order valence-electron chi connectivity index (χ3n) is 4.95. The van der Waals surface area contributed by atoms with Crippen molar-refractivity contribution < 1.29 is 18.8 Å². The standard InChI is InChI=1S/C23H17FN2O3/c1-13-7-9-16(24)12-19(13)25-21(27)15-8-10-17-18(11-15)23(29)26(22(17)28)20-6-4-3-5-14(20)2/h3-12H,1-2H3,(H,25,27). The van der Waals surface area contributed by atoms with Crippen LogP contribution in [0.3, 0.4) is 0 Å². The Morgan fingerprint density at radius 1 is 0.862 bits per heavy atom. The predicted molar refractivity (Wildman–Crippen MR) is 108 cm³/mol. The molecule has 0 aliphatic carbocycles. The molecule has 4 rings (SSSR count). The molecule has 29 heavy (non-hydrogen) atoms. The minimum Gasteiger partial charge on any atom is -0.322 e. The van der Waals surface area contributed by atoms with Gasteiger partial charge in [0.25, 0.3) is 17.7 Å². The summed E-state index contributed by atoms with van der Waals surface area (Å²) in [5, 5.41) is 2.65. The lowest BCUT2D eigenvalue weighted by atomic mass is 10.0. The van der Waals surface area contributed by atoms with E-state index in [1.165, 1.54) is 30.3 Å². The molecular formula is C23H17FN2O3. The molecule has 144 valence electrons. The lowest BCUT2D eigenvalue weighted by Gasteiger charge is -2.16. The smallest absolute Gasteiger partial charge is 0.266 e. The van der Waals surface area contributed by atoms with Gasteiger partial charge in [-0.05, 0) is 61.4 Å². The number of para-hydroxylation sites is 1. The summed E-state index contributed by atoms with van der Waals surface area (Å²) in [6.45, 7) is 3.57. The number of fused-ring (bicyclic) bond motifs is 1. The predicted octanol–water partition coefficient (Wildman–Crippen LogP) is 4.50.